The van der Waals surface area contributed by atoms with E-state index in [0.29, 0.717) is 25.0 Å². The standard InChI is InChI=1S/C14H23NO4/c1-2-19-12-5-11(6-12)7-13(16)15-4-3-10(9-15)8-14(17)18/h10-12H,2-9H2,1H3,(H,17,18). The summed E-state index contributed by atoms with van der Waals surface area (Å²) in [5.41, 5.74) is 0. The lowest BCUT2D eigenvalue weighted by Crippen LogP contribution is -2.37. The molecule has 2 fully saturated rings. The van der Waals surface area contributed by atoms with Crippen LogP contribution in [0, 0.1) is 11.8 Å². The van der Waals surface area contributed by atoms with Crippen molar-refractivity contribution >= 4 is 11.9 Å². The van der Waals surface area contributed by atoms with Crippen LogP contribution in [-0.2, 0) is 14.3 Å². The number of carboxylic acids is 1. The number of rotatable bonds is 6. The Bertz CT molecular complexity index is 338. The molecule has 108 valence electrons. The van der Waals surface area contributed by atoms with E-state index in [9.17, 15) is 9.59 Å². The van der Waals surface area contributed by atoms with E-state index < -0.39 is 5.97 Å². The van der Waals surface area contributed by atoms with Crippen molar-refractivity contribution in [2.75, 3.05) is 19.7 Å². The van der Waals surface area contributed by atoms with Crippen LogP contribution < -0.4 is 0 Å². The molecule has 1 amide bonds. The van der Waals surface area contributed by atoms with Gasteiger partial charge in [0.1, 0.15) is 0 Å². The minimum absolute atomic E-state index is 0.138. The Hall–Kier alpha value is -1.10. The summed E-state index contributed by atoms with van der Waals surface area (Å²) in [6, 6.07) is 0. The first-order valence-corrected chi connectivity index (χ1v) is 7.19. The Kier molecular flexibility index (Phi) is 4.80. The van der Waals surface area contributed by atoms with Gasteiger partial charge in [-0.05, 0) is 38.0 Å². The van der Waals surface area contributed by atoms with Crippen LogP contribution >= 0.6 is 0 Å². The average Bonchev–Trinajstić information content (AvgIpc) is 2.73. The second-order valence-corrected chi connectivity index (χ2v) is 5.71. The van der Waals surface area contributed by atoms with Crippen LogP contribution in [0.25, 0.3) is 0 Å². The number of hydrogen-bond donors (Lipinski definition) is 1. The lowest BCUT2D eigenvalue weighted by Gasteiger charge is -2.35. The van der Waals surface area contributed by atoms with E-state index in [4.69, 9.17) is 9.84 Å². The molecule has 0 aromatic rings. The molecule has 5 nitrogen and oxygen atoms in total. The topological polar surface area (TPSA) is 66.8 Å². The Labute approximate surface area is 113 Å². The Morgan fingerprint density at radius 2 is 2.00 bits per heavy atom. The van der Waals surface area contributed by atoms with Gasteiger partial charge >= 0.3 is 5.97 Å². The molecule has 5 heteroatoms. The summed E-state index contributed by atoms with van der Waals surface area (Å²) in [5.74, 6) is 0.0206. The first-order chi connectivity index (χ1) is 9.08. The van der Waals surface area contributed by atoms with Gasteiger partial charge in [-0.25, -0.2) is 0 Å². The van der Waals surface area contributed by atoms with Gasteiger partial charge < -0.3 is 14.7 Å². The highest BCUT2D eigenvalue weighted by atomic mass is 16.5. The molecule has 0 aromatic heterocycles. The molecule has 1 atom stereocenters. The van der Waals surface area contributed by atoms with Gasteiger partial charge in [-0.2, -0.15) is 0 Å². The second kappa shape index (κ2) is 6.37. The van der Waals surface area contributed by atoms with Gasteiger partial charge in [0.05, 0.1) is 6.10 Å². The molecular formula is C14H23NO4. The maximum atomic E-state index is 12.1. The molecule has 1 heterocycles. The zero-order valence-corrected chi connectivity index (χ0v) is 11.5. The molecule has 0 bridgehead atoms. The molecule has 1 saturated carbocycles. The summed E-state index contributed by atoms with van der Waals surface area (Å²) in [4.78, 5) is 24.6. The summed E-state index contributed by atoms with van der Waals surface area (Å²) >= 11 is 0. The zero-order valence-electron chi connectivity index (χ0n) is 11.5. The number of carboxylic acid groups (broad SMARTS) is 1. The number of hydrogen-bond acceptors (Lipinski definition) is 3. The van der Waals surface area contributed by atoms with Crippen molar-refractivity contribution < 1.29 is 19.4 Å². The van der Waals surface area contributed by atoms with Crippen molar-refractivity contribution in [3.63, 3.8) is 0 Å². The molecule has 1 saturated heterocycles. The molecule has 1 N–H and O–H groups in total. The molecule has 19 heavy (non-hydrogen) atoms. The molecule has 0 radical (unpaired) electrons. The number of carbonyl (C=O) groups is 2. The fraction of sp³-hybridized carbons (Fsp3) is 0.857. The second-order valence-electron chi connectivity index (χ2n) is 5.71. The van der Waals surface area contributed by atoms with E-state index in [1.807, 2.05) is 11.8 Å². The summed E-state index contributed by atoms with van der Waals surface area (Å²) in [7, 11) is 0. The van der Waals surface area contributed by atoms with Crippen LogP contribution in [0.5, 0.6) is 0 Å². The zero-order chi connectivity index (χ0) is 13.8. The molecular weight excluding hydrogens is 246 g/mol. The lowest BCUT2D eigenvalue weighted by molar-refractivity contribution is -0.139. The fourth-order valence-electron chi connectivity index (χ4n) is 3.06. The van der Waals surface area contributed by atoms with Crippen LogP contribution in [0.1, 0.15) is 39.0 Å². The Balaban J connectivity index is 1.66. The van der Waals surface area contributed by atoms with Crippen LogP contribution in [0.3, 0.4) is 0 Å². The smallest absolute Gasteiger partial charge is 0.303 e. The van der Waals surface area contributed by atoms with Gasteiger partial charge in [-0.15, -0.1) is 0 Å². The van der Waals surface area contributed by atoms with E-state index in [2.05, 4.69) is 0 Å². The number of amides is 1. The summed E-state index contributed by atoms with van der Waals surface area (Å²) in [6.07, 6.45) is 3.94. The highest BCUT2D eigenvalue weighted by Gasteiger charge is 2.34. The minimum atomic E-state index is -0.766. The number of ether oxygens (including phenoxy) is 1. The third-order valence-electron chi connectivity index (χ3n) is 4.16. The number of likely N-dealkylation sites (tertiary alicyclic amines) is 1. The number of aliphatic carboxylic acids is 1. The van der Waals surface area contributed by atoms with E-state index in [-0.39, 0.29) is 18.2 Å². The van der Waals surface area contributed by atoms with Gasteiger partial charge in [0.15, 0.2) is 0 Å². The van der Waals surface area contributed by atoms with Gasteiger partial charge in [-0.3, -0.25) is 9.59 Å². The predicted octanol–water partition coefficient (Wildman–Crippen LogP) is 1.51. The lowest BCUT2D eigenvalue weighted by atomic mass is 9.80. The molecule has 2 rings (SSSR count). The van der Waals surface area contributed by atoms with Gasteiger partial charge in [0.25, 0.3) is 0 Å². The van der Waals surface area contributed by atoms with Crippen molar-refractivity contribution in [3.8, 4) is 0 Å². The van der Waals surface area contributed by atoms with Crippen molar-refractivity contribution in [2.45, 2.75) is 45.1 Å². The van der Waals surface area contributed by atoms with Crippen LogP contribution in [0.4, 0.5) is 0 Å². The third kappa shape index (κ3) is 3.93. The molecule has 1 aliphatic heterocycles. The predicted molar refractivity (Wildman–Crippen MR) is 69.7 cm³/mol. The van der Waals surface area contributed by atoms with Gasteiger partial charge in [-0.1, -0.05) is 0 Å². The maximum Gasteiger partial charge on any atom is 0.303 e. The van der Waals surface area contributed by atoms with Gasteiger partial charge in [0.2, 0.25) is 5.91 Å². The minimum Gasteiger partial charge on any atom is -0.481 e. The molecule has 2 aliphatic rings. The summed E-state index contributed by atoms with van der Waals surface area (Å²) in [5, 5.41) is 8.75. The van der Waals surface area contributed by atoms with E-state index in [0.717, 1.165) is 32.4 Å². The molecule has 1 unspecified atom stereocenters. The Morgan fingerprint density at radius 1 is 1.26 bits per heavy atom. The fourth-order valence-corrected chi connectivity index (χ4v) is 3.06. The van der Waals surface area contributed by atoms with Crippen molar-refractivity contribution in [1.82, 2.24) is 4.90 Å². The van der Waals surface area contributed by atoms with Crippen molar-refractivity contribution in [3.05, 3.63) is 0 Å². The van der Waals surface area contributed by atoms with Crippen LogP contribution in [0.15, 0.2) is 0 Å². The van der Waals surface area contributed by atoms with E-state index in [1.165, 1.54) is 0 Å². The van der Waals surface area contributed by atoms with Crippen LogP contribution in [-0.4, -0.2) is 47.7 Å². The van der Waals surface area contributed by atoms with Crippen LogP contribution in [0.2, 0.25) is 0 Å². The monoisotopic (exact) mass is 269 g/mol. The van der Waals surface area contributed by atoms with Crippen molar-refractivity contribution in [1.29, 1.82) is 0 Å². The molecule has 0 spiro atoms. The highest BCUT2D eigenvalue weighted by molar-refractivity contribution is 5.77. The summed E-state index contributed by atoms with van der Waals surface area (Å²) in [6.45, 7) is 4.07. The Morgan fingerprint density at radius 3 is 2.63 bits per heavy atom. The largest absolute Gasteiger partial charge is 0.481 e. The highest BCUT2D eigenvalue weighted by Crippen LogP contribution is 2.33. The van der Waals surface area contributed by atoms with E-state index >= 15 is 0 Å². The number of carbonyl (C=O) groups excluding carboxylic acids is 1. The first kappa shape index (κ1) is 14.3. The SMILES string of the molecule is CCOC1CC(CC(=O)N2CCC(CC(=O)O)C2)C1. The van der Waals surface area contributed by atoms with Crippen molar-refractivity contribution in [2.24, 2.45) is 11.8 Å². The maximum absolute atomic E-state index is 12.1. The quantitative estimate of drug-likeness (QED) is 0.794. The third-order valence-corrected chi connectivity index (χ3v) is 4.16. The van der Waals surface area contributed by atoms with E-state index in [1.54, 1.807) is 0 Å². The molecule has 0 aromatic carbocycles. The number of nitrogens with zero attached hydrogens (tertiary/aromatic N) is 1. The normalized spacial score (nSPS) is 30.2. The molecule has 1 aliphatic carbocycles. The van der Waals surface area contributed by atoms with Gasteiger partial charge in [0, 0.05) is 32.5 Å². The summed E-state index contributed by atoms with van der Waals surface area (Å²) < 4.78 is 5.49. The average molecular weight is 269 g/mol. The first-order valence-electron chi connectivity index (χ1n) is 7.19.